The molecule has 0 radical (unpaired) electrons. The molecule has 0 atom stereocenters. The molecule has 2 aromatic rings. The van der Waals surface area contributed by atoms with Crippen LogP contribution in [0.4, 0.5) is 4.39 Å². The van der Waals surface area contributed by atoms with E-state index in [1.54, 1.807) is 18.7 Å². The number of Topliss-reactive ketones (excluding diaryl/α,β-unsaturated/α-hetero) is 1. The van der Waals surface area contributed by atoms with Crippen LogP contribution in [0.15, 0.2) is 24.3 Å². The van der Waals surface area contributed by atoms with Crippen LogP contribution in [0.1, 0.15) is 21.7 Å². The molecule has 0 unspecified atom stereocenters. The molecule has 18 heavy (non-hydrogen) atoms. The van der Waals surface area contributed by atoms with Gasteiger partial charge in [0.25, 0.3) is 0 Å². The quantitative estimate of drug-likeness (QED) is 0.801. The summed E-state index contributed by atoms with van der Waals surface area (Å²) in [6.45, 7) is 1.79. The number of hydrogen-bond acceptors (Lipinski definition) is 2. The number of ketones is 1. The summed E-state index contributed by atoms with van der Waals surface area (Å²) in [5, 5.41) is 4.65. The Kier molecular flexibility index (Phi) is 3.48. The maximum Gasteiger partial charge on any atom is 0.168 e. The summed E-state index contributed by atoms with van der Waals surface area (Å²) in [5.74, 6) is -0.471. The molecule has 0 spiro atoms. The Labute approximate surface area is 109 Å². The molecule has 0 aliphatic heterocycles. The fraction of sp³-hybridized carbons (Fsp3) is 0.231. The Morgan fingerprint density at radius 3 is 2.50 bits per heavy atom. The van der Waals surface area contributed by atoms with Crippen LogP contribution >= 0.6 is 11.6 Å². The van der Waals surface area contributed by atoms with Crippen LogP contribution in [0, 0.1) is 12.7 Å². The number of nitrogens with zero attached hydrogens (tertiary/aromatic N) is 2. The van der Waals surface area contributed by atoms with Gasteiger partial charge in [0.05, 0.1) is 22.8 Å². The molecule has 5 heteroatoms. The lowest BCUT2D eigenvalue weighted by Gasteiger charge is -2.03. The van der Waals surface area contributed by atoms with Crippen molar-refractivity contribution in [1.82, 2.24) is 9.78 Å². The van der Waals surface area contributed by atoms with E-state index in [1.807, 2.05) is 0 Å². The second-order valence-corrected chi connectivity index (χ2v) is 4.45. The van der Waals surface area contributed by atoms with E-state index in [4.69, 9.17) is 11.6 Å². The first-order chi connectivity index (χ1) is 8.49. The van der Waals surface area contributed by atoms with Gasteiger partial charge in [-0.25, -0.2) is 4.39 Å². The summed E-state index contributed by atoms with van der Waals surface area (Å²) < 4.78 is 14.4. The third kappa shape index (κ3) is 2.43. The number of carbonyl (C=O) groups is 1. The van der Waals surface area contributed by atoms with Crippen molar-refractivity contribution in [3.8, 4) is 0 Å². The Morgan fingerprint density at radius 1 is 1.39 bits per heavy atom. The molecular formula is C13H12ClFN2O. The number of carbonyl (C=O) groups excluding carboxylic acids is 1. The number of rotatable bonds is 3. The first-order valence-electron chi connectivity index (χ1n) is 5.45. The molecule has 0 amide bonds. The summed E-state index contributed by atoms with van der Waals surface area (Å²) in [5.41, 5.74) is 1.83. The molecule has 0 aliphatic carbocycles. The average Bonchev–Trinajstić information content (AvgIpc) is 2.57. The molecule has 2 rings (SSSR count). The van der Waals surface area contributed by atoms with Crippen molar-refractivity contribution in [2.24, 2.45) is 7.05 Å². The van der Waals surface area contributed by atoms with Crippen LogP contribution in [-0.2, 0) is 13.5 Å². The van der Waals surface area contributed by atoms with Crippen LogP contribution in [0.5, 0.6) is 0 Å². The minimum atomic E-state index is -0.360. The molecule has 0 fully saturated rings. The highest BCUT2D eigenvalue weighted by molar-refractivity contribution is 6.32. The molecule has 0 saturated carbocycles. The number of halogens is 2. The van der Waals surface area contributed by atoms with Crippen molar-refractivity contribution in [3.05, 3.63) is 52.1 Å². The minimum Gasteiger partial charge on any atom is -0.294 e. The fourth-order valence-corrected chi connectivity index (χ4v) is 1.99. The zero-order valence-electron chi connectivity index (χ0n) is 10.1. The van der Waals surface area contributed by atoms with Gasteiger partial charge in [-0.1, -0.05) is 11.6 Å². The van der Waals surface area contributed by atoms with Crippen LogP contribution < -0.4 is 0 Å². The van der Waals surface area contributed by atoms with Gasteiger partial charge >= 0.3 is 0 Å². The van der Waals surface area contributed by atoms with Gasteiger partial charge in [-0.3, -0.25) is 9.48 Å². The minimum absolute atomic E-state index is 0.111. The molecular weight excluding hydrogens is 255 g/mol. The average molecular weight is 267 g/mol. The standard InChI is InChI=1S/C13H12ClFN2O/c1-8-13(14)11(17(2)16-8)7-12(18)9-3-5-10(15)6-4-9/h3-6H,7H2,1-2H3. The van der Waals surface area contributed by atoms with Crippen LogP contribution in [0.2, 0.25) is 5.02 Å². The number of hydrogen-bond donors (Lipinski definition) is 0. The van der Waals surface area contributed by atoms with Gasteiger partial charge in [0.15, 0.2) is 5.78 Å². The highest BCUT2D eigenvalue weighted by atomic mass is 35.5. The van der Waals surface area contributed by atoms with Gasteiger partial charge in [-0.15, -0.1) is 0 Å². The summed E-state index contributed by atoms with van der Waals surface area (Å²) in [7, 11) is 1.74. The summed E-state index contributed by atoms with van der Waals surface area (Å²) in [6, 6.07) is 5.47. The second kappa shape index (κ2) is 4.90. The van der Waals surface area contributed by atoms with Gasteiger partial charge in [-0.05, 0) is 31.2 Å². The first kappa shape index (κ1) is 12.8. The second-order valence-electron chi connectivity index (χ2n) is 4.08. The Morgan fingerprint density at radius 2 is 2.00 bits per heavy atom. The molecule has 1 aromatic carbocycles. The highest BCUT2D eigenvalue weighted by Gasteiger charge is 2.15. The van der Waals surface area contributed by atoms with E-state index in [0.717, 1.165) is 0 Å². The zero-order chi connectivity index (χ0) is 13.3. The molecule has 0 bridgehead atoms. The van der Waals surface area contributed by atoms with E-state index in [1.165, 1.54) is 24.3 Å². The van der Waals surface area contributed by atoms with E-state index >= 15 is 0 Å². The van der Waals surface area contributed by atoms with E-state index in [-0.39, 0.29) is 18.0 Å². The van der Waals surface area contributed by atoms with Gasteiger partial charge in [0, 0.05) is 12.6 Å². The summed E-state index contributed by atoms with van der Waals surface area (Å²) in [4.78, 5) is 12.0. The van der Waals surface area contributed by atoms with Crippen molar-refractivity contribution in [1.29, 1.82) is 0 Å². The van der Waals surface area contributed by atoms with Gasteiger partial charge in [-0.2, -0.15) is 5.10 Å². The molecule has 1 aromatic heterocycles. The van der Waals surface area contributed by atoms with E-state index < -0.39 is 0 Å². The molecule has 1 heterocycles. The van der Waals surface area contributed by atoms with Crippen LogP contribution in [-0.4, -0.2) is 15.6 Å². The van der Waals surface area contributed by atoms with Crippen LogP contribution in [0.3, 0.4) is 0 Å². The lowest BCUT2D eigenvalue weighted by atomic mass is 10.1. The molecule has 3 nitrogen and oxygen atoms in total. The smallest absolute Gasteiger partial charge is 0.168 e. The maximum absolute atomic E-state index is 12.8. The predicted molar refractivity (Wildman–Crippen MR) is 67.4 cm³/mol. The summed E-state index contributed by atoms with van der Waals surface area (Å²) in [6.07, 6.45) is 0.155. The number of aryl methyl sites for hydroxylation is 2. The van der Waals surface area contributed by atoms with Crippen molar-refractivity contribution in [2.45, 2.75) is 13.3 Å². The van der Waals surface area contributed by atoms with Crippen molar-refractivity contribution >= 4 is 17.4 Å². The molecule has 0 N–H and O–H groups in total. The molecule has 94 valence electrons. The monoisotopic (exact) mass is 266 g/mol. The Hall–Kier alpha value is -1.68. The maximum atomic E-state index is 12.8. The fourth-order valence-electron chi connectivity index (χ4n) is 1.76. The molecule has 0 aliphatic rings. The van der Waals surface area contributed by atoms with Crippen molar-refractivity contribution in [2.75, 3.05) is 0 Å². The first-order valence-corrected chi connectivity index (χ1v) is 5.83. The zero-order valence-corrected chi connectivity index (χ0v) is 10.8. The van der Waals surface area contributed by atoms with Gasteiger partial charge in [0.2, 0.25) is 0 Å². The number of benzene rings is 1. The van der Waals surface area contributed by atoms with E-state index in [9.17, 15) is 9.18 Å². The van der Waals surface area contributed by atoms with Crippen molar-refractivity contribution < 1.29 is 9.18 Å². The highest BCUT2D eigenvalue weighted by Crippen LogP contribution is 2.21. The molecule has 0 saturated heterocycles. The SMILES string of the molecule is Cc1nn(C)c(CC(=O)c2ccc(F)cc2)c1Cl. The normalized spacial score (nSPS) is 10.7. The third-order valence-electron chi connectivity index (χ3n) is 2.76. The third-order valence-corrected chi connectivity index (χ3v) is 3.25. The van der Waals surface area contributed by atoms with Crippen molar-refractivity contribution in [3.63, 3.8) is 0 Å². The topological polar surface area (TPSA) is 34.9 Å². The van der Waals surface area contributed by atoms with Crippen LogP contribution in [0.25, 0.3) is 0 Å². The lowest BCUT2D eigenvalue weighted by molar-refractivity contribution is 0.0990. The lowest BCUT2D eigenvalue weighted by Crippen LogP contribution is -2.08. The predicted octanol–water partition coefficient (Wildman–Crippen LogP) is 2.95. The largest absolute Gasteiger partial charge is 0.294 e. The number of aromatic nitrogens is 2. The van der Waals surface area contributed by atoms with Gasteiger partial charge < -0.3 is 0 Å². The Balaban J connectivity index is 2.24. The van der Waals surface area contributed by atoms with E-state index in [2.05, 4.69) is 5.10 Å². The van der Waals surface area contributed by atoms with Gasteiger partial charge in [0.1, 0.15) is 5.82 Å². The summed E-state index contributed by atoms with van der Waals surface area (Å²) >= 11 is 6.08. The Bertz CT molecular complexity index is 590. The van der Waals surface area contributed by atoms with E-state index in [0.29, 0.717) is 22.0 Å².